The van der Waals surface area contributed by atoms with E-state index in [1.54, 1.807) is 0 Å². The first-order chi connectivity index (χ1) is 13.5. The molecule has 0 N–H and O–H groups in total. The molecule has 3 saturated heterocycles. The van der Waals surface area contributed by atoms with Crippen molar-refractivity contribution in [2.45, 2.75) is 64.9 Å². The van der Waals surface area contributed by atoms with Crippen molar-refractivity contribution < 1.29 is 9.53 Å². The van der Waals surface area contributed by atoms with Crippen LogP contribution in [0.5, 0.6) is 0 Å². The average Bonchev–Trinajstić information content (AvgIpc) is 2.87. The Bertz CT molecular complexity index is 737. The SMILES string of the molecule is Cc1cc(N2CC3(CN(CC[C@@H]4CC5(CCCCC5)C(=O)O4)C3)C2)cc(C)n1. The Hall–Kier alpha value is -1.62. The van der Waals surface area contributed by atoms with Crippen molar-refractivity contribution in [2.75, 3.05) is 37.6 Å². The van der Waals surface area contributed by atoms with Crippen LogP contribution in [0.15, 0.2) is 12.1 Å². The van der Waals surface area contributed by atoms with E-state index in [1.165, 1.54) is 38.0 Å². The van der Waals surface area contributed by atoms with Gasteiger partial charge in [-0.3, -0.25) is 9.78 Å². The highest BCUT2D eigenvalue weighted by molar-refractivity contribution is 5.79. The van der Waals surface area contributed by atoms with Crippen molar-refractivity contribution >= 4 is 11.7 Å². The van der Waals surface area contributed by atoms with E-state index in [0.717, 1.165) is 56.7 Å². The number of pyridine rings is 1. The summed E-state index contributed by atoms with van der Waals surface area (Å²) in [6.45, 7) is 9.93. The zero-order chi connectivity index (χ0) is 19.4. The molecule has 4 aliphatic rings. The van der Waals surface area contributed by atoms with Gasteiger partial charge in [-0.2, -0.15) is 0 Å². The van der Waals surface area contributed by atoms with Gasteiger partial charge in [-0.1, -0.05) is 19.3 Å². The molecule has 0 bridgehead atoms. The number of hydrogen-bond donors (Lipinski definition) is 0. The van der Waals surface area contributed by atoms with Gasteiger partial charge in [0.25, 0.3) is 0 Å². The second-order valence-electron chi connectivity index (χ2n) is 10.0. The lowest BCUT2D eigenvalue weighted by Gasteiger charge is -2.61. The highest BCUT2D eigenvalue weighted by Gasteiger charge is 2.52. The molecule has 2 spiro atoms. The van der Waals surface area contributed by atoms with E-state index in [1.807, 2.05) is 0 Å². The van der Waals surface area contributed by atoms with Gasteiger partial charge in [0, 0.05) is 61.6 Å². The molecule has 0 aromatic carbocycles. The molecular weight excluding hydrogens is 350 g/mol. The molecule has 28 heavy (non-hydrogen) atoms. The Balaban J connectivity index is 1.07. The molecule has 0 amide bonds. The second kappa shape index (κ2) is 6.72. The number of carbonyl (C=O) groups excluding carboxylic acids is 1. The van der Waals surface area contributed by atoms with Crippen LogP contribution in [0, 0.1) is 24.7 Å². The fourth-order valence-corrected chi connectivity index (χ4v) is 6.16. The van der Waals surface area contributed by atoms with Crippen LogP contribution in [0.25, 0.3) is 0 Å². The minimum Gasteiger partial charge on any atom is -0.462 e. The van der Waals surface area contributed by atoms with Crippen LogP contribution in [0.1, 0.15) is 56.3 Å². The molecule has 4 heterocycles. The van der Waals surface area contributed by atoms with Crippen molar-refractivity contribution in [1.29, 1.82) is 0 Å². The zero-order valence-corrected chi connectivity index (χ0v) is 17.4. The number of esters is 1. The summed E-state index contributed by atoms with van der Waals surface area (Å²) in [7, 11) is 0. The molecule has 1 saturated carbocycles. The lowest BCUT2D eigenvalue weighted by atomic mass is 9.71. The van der Waals surface area contributed by atoms with E-state index in [9.17, 15) is 4.79 Å². The number of ether oxygens (including phenoxy) is 1. The molecular formula is C23H33N3O2. The molecule has 1 aromatic heterocycles. The number of aryl methyl sites for hydroxylation is 2. The summed E-state index contributed by atoms with van der Waals surface area (Å²) in [5.41, 5.74) is 3.90. The summed E-state index contributed by atoms with van der Waals surface area (Å²) < 4.78 is 5.78. The van der Waals surface area contributed by atoms with Gasteiger partial charge in [0.1, 0.15) is 6.10 Å². The van der Waals surface area contributed by atoms with E-state index < -0.39 is 0 Å². The summed E-state index contributed by atoms with van der Waals surface area (Å²) in [5.74, 6) is 0.106. The molecule has 152 valence electrons. The number of carbonyl (C=O) groups is 1. The zero-order valence-electron chi connectivity index (χ0n) is 17.4. The Labute approximate surface area is 168 Å². The van der Waals surface area contributed by atoms with Gasteiger partial charge in [0.15, 0.2) is 0 Å². The second-order valence-corrected chi connectivity index (χ2v) is 10.0. The number of likely N-dealkylation sites (tertiary alicyclic amines) is 1. The van der Waals surface area contributed by atoms with Crippen molar-refractivity contribution in [3.8, 4) is 0 Å². The lowest BCUT2D eigenvalue weighted by molar-refractivity contribution is -0.150. The predicted octanol–water partition coefficient (Wildman–Crippen LogP) is 3.48. The normalized spacial score (nSPS) is 28.3. The summed E-state index contributed by atoms with van der Waals surface area (Å²) in [4.78, 5) is 22.0. The molecule has 1 atom stereocenters. The average molecular weight is 384 g/mol. The minimum absolute atomic E-state index is 0.106. The number of nitrogens with zero attached hydrogens (tertiary/aromatic N) is 3. The molecule has 0 radical (unpaired) electrons. The highest BCUT2D eigenvalue weighted by atomic mass is 16.6. The van der Waals surface area contributed by atoms with Crippen molar-refractivity contribution in [2.24, 2.45) is 10.8 Å². The van der Waals surface area contributed by atoms with Gasteiger partial charge in [0.2, 0.25) is 0 Å². The van der Waals surface area contributed by atoms with Gasteiger partial charge in [-0.15, -0.1) is 0 Å². The summed E-state index contributed by atoms with van der Waals surface area (Å²) >= 11 is 0. The number of hydrogen-bond acceptors (Lipinski definition) is 5. The number of anilines is 1. The lowest BCUT2D eigenvalue weighted by Crippen LogP contribution is -2.72. The Morgan fingerprint density at radius 1 is 1.07 bits per heavy atom. The predicted molar refractivity (Wildman–Crippen MR) is 109 cm³/mol. The van der Waals surface area contributed by atoms with Gasteiger partial charge in [0.05, 0.1) is 5.41 Å². The van der Waals surface area contributed by atoms with E-state index in [-0.39, 0.29) is 17.5 Å². The summed E-state index contributed by atoms with van der Waals surface area (Å²) in [5, 5.41) is 0. The maximum Gasteiger partial charge on any atom is 0.312 e. The minimum atomic E-state index is -0.117. The third-order valence-electron chi connectivity index (χ3n) is 7.51. The van der Waals surface area contributed by atoms with Crippen LogP contribution >= 0.6 is 0 Å². The van der Waals surface area contributed by atoms with Crippen molar-refractivity contribution in [3.05, 3.63) is 23.5 Å². The van der Waals surface area contributed by atoms with Gasteiger partial charge in [-0.25, -0.2) is 0 Å². The van der Waals surface area contributed by atoms with Crippen LogP contribution in [0.2, 0.25) is 0 Å². The molecule has 4 fully saturated rings. The van der Waals surface area contributed by atoms with Crippen LogP contribution in [0.4, 0.5) is 5.69 Å². The first kappa shape index (κ1) is 18.4. The molecule has 5 rings (SSSR count). The molecule has 3 aliphatic heterocycles. The molecule has 0 unspecified atom stereocenters. The third-order valence-corrected chi connectivity index (χ3v) is 7.51. The Morgan fingerprint density at radius 2 is 1.75 bits per heavy atom. The quantitative estimate of drug-likeness (QED) is 0.745. The van der Waals surface area contributed by atoms with E-state index in [4.69, 9.17) is 4.74 Å². The van der Waals surface area contributed by atoms with Gasteiger partial charge >= 0.3 is 5.97 Å². The van der Waals surface area contributed by atoms with Crippen molar-refractivity contribution in [1.82, 2.24) is 9.88 Å². The number of aromatic nitrogens is 1. The van der Waals surface area contributed by atoms with Crippen LogP contribution in [0.3, 0.4) is 0 Å². The Morgan fingerprint density at radius 3 is 2.43 bits per heavy atom. The summed E-state index contributed by atoms with van der Waals surface area (Å²) in [6, 6.07) is 4.40. The topological polar surface area (TPSA) is 45.7 Å². The fourth-order valence-electron chi connectivity index (χ4n) is 6.16. The maximum absolute atomic E-state index is 12.4. The highest BCUT2D eigenvalue weighted by Crippen LogP contribution is 2.47. The van der Waals surface area contributed by atoms with Gasteiger partial charge in [-0.05, 0) is 45.2 Å². The monoisotopic (exact) mass is 383 g/mol. The number of rotatable bonds is 4. The van der Waals surface area contributed by atoms with E-state index in [2.05, 4.69) is 40.8 Å². The van der Waals surface area contributed by atoms with E-state index >= 15 is 0 Å². The van der Waals surface area contributed by atoms with Crippen LogP contribution in [-0.4, -0.2) is 54.7 Å². The summed E-state index contributed by atoms with van der Waals surface area (Å²) in [6.07, 6.45) is 7.92. The molecule has 1 aliphatic carbocycles. The Kier molecular flexibility index (Phi) is 4.42. The molecule has 5 nitrogen and oxygen atoms in total. The molecule has 5 heteroatoms. The molecule has 1 aromatic rings. The van der Waals surface area contributed by atoms with Gasteiger partial charge < -0.3 is 14.5 Å². The smallest absolute Gasteiger partial charge is 0.312 e. The first-order valence-electron chi connectivity index (χ1n) is 11.1. The standard InChI is InChI=1S/C23H33N3O2/c1-17-10-19(11-18(2)24-17)26-15-22(16-26)13-25(14-22)9-6-20-12-23(21(27)28-20)7-4-3-5-8-23/h10-11,20H,3-9,12-16H2,1-2H3/t20-/m1/s1. The van der Waals surface area contributed by atoms with E-state index in [0.29, 0.717) is 5.41 Å². The number of cyclic esters (lactones) is 1. The van der Waals surface area contributed by atoms with Crippen LogP contribution < -0.4 is 4.90 Å². The van der Waals surface area contributed by atoms with Crippen molar-refractivity contribution in [3.63, 3.8) is 0 Å². The first-order valence-corrected chi connectivity index (χ1v) is 11.1. The van der Waals surface area contributed by atoms with Crippen LogP contribution in [-0.2, 0) is 9.53 Å². The maximum atomic E-state index is 12.4. The largest absolute Gasteiger partial charge is 0.462 e. The fraction of sp³-hybridized carbons (Fsp3) is 0.739. The third kappa shape index (κ3) is 3.22.